The molecular formula is C22H32FN3O. The standard InChI is InChI=1S/C22H32FN3O/c23-19-9-6-10-20(15-19)26-17-21(27)24-22(26)11-13-25(14-12-22)16-18-7-4-2-1-3-5-8-18/h6,9-10,15,18H,1-5,7-8,11-14,16-17H2,(H,24,27). The number of anilines is 1. The van der Waals surface area contributed by atoms with Crippen LogP contribution in [0.3, 0.4) is 0 Å². The maximum atomic E-state index is 13.7. The van der Waals surface area contributed by atoms with Gasteiger partial charge in [0.1, 0.15) is 11.5 Å². The van der Waals surface area contributed by atoms with E-state index in [-0.39, 0.29) is 17.4 Å². The molecule has 1 aliphatic carbocycles. The molecule has 3 aliphatic rings. The van der Waals surface area contributed by atoms with Crippen LogP contribution in [0.5, 0.6) is 0 Å². The largest absolute Gasteiger partial charge is 0.339 e. The molecule has 0 aromatic heterocycles. The number of amides is 1. The van der Waals surface area contributed by atoms with Gasteiger partial charge in [-0.05, 0) is 37.0 Å². The number of benzene rings is 1. The lowest BCUT2D eigenvalue weighted by atomic mass is 9.89. The number of likely N-dealkylation sites (tertiary alicyclic amines) is 1. The van der Waals surface area contributed by atoms with E-state index in [1.54, 1.807) is 12.1 Å². The van der Waals surface area contributed by atoms with Crippen LogP contribution in [-0.2, 0) is 4.79 Å². The summed E-state index contributed by atoms with van der Waals surface area (Å²) < 4.78 is 13.7. The van der Waals surface area contributed by atoms with Crippen molar-refractivity contribution >= 4 is 11.6 Å². The van der Waals surface area contributed by atoms with Crippen LogP contribution >= 0.6 is 0 Å². The van der Waals surface area contributed by atoms with Gasteiger partial charge in [-0.3, -0.25) is 4.79 Å². The fraction of sp³-hybridized carbons (Fsp3) is 0.682. The lowest BCUT2D eigenvalue weighted by molar-refractivity contribution is -0.119. The third-order valence-electron chi connectivity index (χ3n) is 6.73. The monoisotopic (exact) mass is 373 g/mol. The van der Waals surface area contributed by atoms with E-state index in [2.05, 4.69) is 15.1 Å². The Kier molecular flexibility index (Phi) is 5.67. The fourth-order valence-corrected chi connectivity index (χ4v) is 5.23. The first kappa shape index (κ1) is 18.7. The van der Waals surface area contributed by atoms with Gasteiger partial charge in [0.2, 0.25) is 5.91 Å². The number of piperidine rings is 1. The number of carbonyl (C=O) groups is 1. The molecule has 1 aromatic carbocycles. The molecule has 4 rings (SSSR count). The van der Waals surface area contributed by atoms with E-state index in [0.717, 1.165) is 37.5 Å². The Morgan fingerprint density at radius 1 is 1.07 bits per heavy atom. The number of rotatable bonds is 3. The average Bonchev–Trinajstić information content (AvgIpc) is 2.95. The molecule has 1 spiro atoms. The van der Waals surface area contributed by atoms with Crippen molar-refractivity contribution in [2.45, 2.75) is 63.5 Å². The van der Waals surface area contributed by atoms with Crippen molar-refractivity contribution in [3.8, 4) is 0 Å². The maximum Gasteiger partial charge on any atom is 0.241 e. The fourth-order valence-electron chi connectivity index (χ4n) is 5.23. The maximum absolute atomic E-state index is 13.7. The molecule has 2 heterocycles. The topological polar surface area (TPSA) is 35.6 Å². The van der Waals surface area contributed by atoms with Crippen molar-refractivity contribution < 1.29 is 9.18 Å². The predicted molar refractivity (Wildman–Crippen MR) is 106 cm³/mol. The second kappa shape index (κ2) is 8.17. The highest BCUT2D eigenvalue weighted by molar-refractivity contribution is 5.86. The summed E-state index contributed by atoms with van der Waals surface area (Å²) in [4.78, 5) is 16.9. The predicted octanol–water partition coefficient (Wildman–Crippen LogP) is 3.91. The summed E-state index contributed by atoms with van der Waals surface area (Å²) in [5.74, 6) is 0.633. The smallest absolute Gasteiger partial charge is 0.241 e. The normalized spacial score (nSPS) is 24.6. The Bertz CT molecular complexity index is 649. The van der Waals surface area contributed by atoms with E-state index in [1.807, 2.05) is 6.07 Å². The van der Waals surface area contributed by atoms with Crippen molar-refractivity contribution in [3.05, 3.63) is 30.1 Å². The molecule has 1 saturated carbocycles. The molecule has 2 saturated heterocycles. The lowest BCUT2D eigenvalue weighted by Gasteiger charge is -2.45. The molecule has 5 heteroatoms. The third-order valence-corrected chi connectivity index (χ3v) is 6.73. The molecule has 1 amide bonds. The molecule has 148 valence electrons. The zero-order chi connectivity index (χ0) is 18.7. The Morgan fingerprint density at radius 2 is 1.78 bits per heavy atom. The van der Waals surface area contributed by atoms with Gasteiger partial charge in [-0.2, -0.15) is 0 Å². The van der Waals surface area contributed by atoms with Crippen LogP contribution in [0.15, 0.2) is 24.3 Å². The van der Waals surface area contributed by atoms with Crippen molar-refractivity contribution in [2.75, 3.05) is 31.1 Å². The molecule has 0 bridgehead atoms. The lowest BCUT2D eigenvalue weighted by Crippen LogP contribution is -2.59. The number of carbonyl (C=O) groups excluding carboxylic acids is 1. The number of hydrogen-bond acceptors (Lipinski definition) is 3. The summed E-state index contributed by atoms with van der Waals surface area (Å²) in [5.41, 5.74) is 0.462. The number of nitrogens with one attached hydrogen (secondary N) is 1. The van der Waals surface area contributed by atoms with Crippen LogP contribution in [0.1, 0.15) is 57.8 Å². The first-order valence-corrected chi connectivity index (χ1v) is 10.7. The summed E-state index contributed by atoms with van der Waals surface area (Å²) in [6.45, 7) is 3.53. The summed E-state index contributed by atoms with van der Waals surface area (Å²) in [6.07, 6.45) is 11.5. The quantitative estimate of drug-likeness (QED) is 0.872. The molecule has 3 fully saturated rings. The Hall–Kier alpha value is -1.62. The minimum Gasteiger partial charge on any atom is -0.339 e. The van der Waals surface area contributed by atoms with Crippen molar-refractivity contribution in [1.29, 1.82) is 0 Å². The molecule has 1 aromatic rings. The first-order chi connectivity index (χ1) is 13.1. The van der Waals surface area contributed by atoms with E-state index >= 15 is 0 Å². The van der Waals surface area contributed by atoms with Gasteiger partial charge in [0.15, 0.2) is 0 Å². The second-order valence-electron chi connectivity index (χ2n) is 8.66. The van der Waals surface area contributed by atoms with Gasteiger partial charge < -0.3 is 15.1 Å². The number of hydrogen-bond donors (Lipinski definition) is 1. The van der Waals surface area contributed by atoms with E-state index in [9.17, 15) is 9.18 Å². The van der Waals surface area contributed by atoms with E-state index in [1.165, 1.54) is 57.6 Å². The SMILES string of the molecule is O=C1CN(c2cccc(F)c2)C2(CCN(CC3CCCCCCC3)CC2)N1. The Labute approximate surface area is 162 Å². The van der Waals surface area contributed by atoms with Gasteiger partial charge in [-0.15, -0.1) is 0 Å². The summed E-state index contributed by atoms with van der Waals surface area (Å²) in [7, 11) is 0. The third kappa shape index (κ3) is 4.29. The zero-order valence-corrected chi connectivity index (χ0v) is 16.3. The van der Waals surface area contributed by atoms with Crippen LogP contribution < -0.4 is 10.2 Å². The number of nitrogens with zero attached hydrogens (tertiary/aromatic N) is 2. The molecule has 1 N–H and O–H groups in total. The van der Waals surface area contributed by atoms with Crippen LogP contribution in [0.2, 0.25) is 0 Å². The minimum absolute atomic E-state index is 0.0488. The summed E-state index contributed by atoms with van der Waals surface area (Å²) in [5, 5.41) is 3.22. The Morgan fingerprint density at radius 3 is 2.48 bits per heavy atom. The molecule has 2 aliphatic heterocycles. The number of halogens is 1. The van der Waals surface area contributed by atoms with Gasteiger partial charge in [0.25, 0.3) is 0 Å². The van der Waals surface area contributed by atoms with Gasteiger partial charge >= 0.3 is 0 Å². The highest BCUT2D eigenvalue weighted by atomic mass is 19.1. The van der Waals surface area contributed by atoms with Crippen LogP contribution in [0, 0.1) is 11.7 Å². The second-order valence-corrected chi connectivity index (χ2v) is 8.66. The van der Waals surface area contributed by atoms with E-state index in [0.29, 0.717) is 6.54 Å². The van der Waals surface area contributed by atoms with Gasteiger partial charge in [-0.1, -0.05) is 38.2 Å². The van der Waals surface area contributed by atoms with Gasteiger partial charge in [-0.25, -0.2) is 4.39 Å². The van der Waals surface area contributed by atoms with Crippen molar-refractivity contribution in [3.63, 3.8) is 0 Å². The minimum atomic E-state index is -0.345. The molecule has 0 radical (unpaired) electrons. The van der Waals surface area contributed by atoms with Gasteiger partial charge in [0.05, 0.1) is 6.54 Å². The van der Waals surface area contributed by atoms with Crippen LogP contribution in [0.4, 0.5) is 10.1 Å². The van der Waals surface area contributed by atoms with Crippen molar-refractivity contribution in [2.24, 2.45) is 5.92 Å². The molecule has 27 heavy (non-hydrogen) atoms. The molecular weight excluding hydrogens is 341 g/mol. The summed E-state index contributed by atoms with van der Waals surface area (Å²) >= 11 is 0. The van der Waals surface area contributed by atoms with Crippen LogP contribution in [0.25, 0.3) is 0 Å². The van der Waals surface area contributed by atoms with Crippen molar-refractivity contribution in [1.82, 2.24) is 10.2 Å². The zero-order valence-electron chi connectivity index (χ0n) is 16.3. The summed E-state index contributed by atoms with van der Waals surface area (Å²) in [6, 6.07) is 6.64. The van der Waals surface area contributed by atoms with E-state index < -0.39 is 0 Å². The highest BCUT2D eigenvalue weighted by Crippen LogP contribution is 2.35. The highest BCUT2D eigenvalue weighted by Gasteiger charge is 2.46. The molecule has 0 unspecified atom stereocenters. The first-order valence-electron chi connectivity index (χ1n) is 10.7. The molecule has 4 nitrogen and oxygen atoms in total. The van der Waals surface area contributed by atoms with Gasteiger partial charge in [0, 0.05) is 38.2 Å². The van der Waals surface area contributed by atoms with E-state index in [4.69, 9.17) is 0 Å². The Balaban J connectivity index is 1.39. The molecule has 0 atom stereocenters. The van der Waals surface area contributed by atoms with Crippen LogP contribution in [-0.4, -0.2) is 42.6 Å². The average molecular weight is 374 g/mol.